The molecular weight excluding hydrogens is 368 g/mol. The normalized spacial score (nSPS) is 26.3. The zero-order valence-electron chi connectivity index (χ0n) is 16.2. The summed E-state index contributed by atoms with van der Waals surface area (Å²) in [5, 5.41) is 15.5. The quantitative estimate of drug-likeness (QED) is 0.766. The maximum absolute atomic E-state index is 13.0. The van der Waals surface area contributed by atoms with Gasteiger partial charge in [0.1, 0.15) is 0 Å². The monoisotopic (exact) mass is 398 g/mol. The van der Waals surface area contributed by atoms with Gasteiger partial charge in [-0.05, 0) is 26.2 Å². The minimum absolute atomic E-state index is 0.0887. The summed E-state index contributed by atoms with van der Waals surface area (Å²) in [5.41, 5.74) is 0.308. The fourth-order valence-electron chi connectivity index (χ4n) is 3.98. The lowest BCUT2D eigenvalue weighted by molar-refractivity contribution is -0.0454. The zero-order chi connectivity index (χ0) is 19.7. The van der Waals surface area contributed by atoms with E-state index in [0.29, 0.717) is 43.9 Å². The van der Waals surface area contributed by atoms with Gasteiger partial charge in [-0.3, -0.25) is 14.4 Å². The second-order valence-electron chi connectivity index (χ2n) is 7.87. The van der Waals surface area contributed by atoms with Crippen molar-refractivity contribution in [2.24, 2.45) is 0 Å². The van der Waals surface area contributed by atoms with Gasteiger partial charge in [-0.15, -0.1) is 0 Å². The van der Waals surface area contributed by atoms with Gasteiger partial charge in [0.2, 0.25) is 0 Å². The van der Waals surface area contributed by atoms with Crippen LogP contribution in [0.5, 0.6) is 0 Å². The van der Waals surface area contributed by atoms with Crippen LogP contribution in [0.4, 0.5) is 0 Å². The number of aryl methyl sites for hydroxylation is 2. The summed E-state index contributed by atoms with van der Waals surface area (Å²) in [6, 6.07) is 0. The van der Waals surface area contributed by atoms with E-state index < -0.39 is 15.4 Å². The summed E-state index contributed by atoms with van der Waals surface area (Å²) in [5.74, 6) is 0.192. The average Bonchev–Trinajstić information content (AvgIpc) is 2.97. The zero-order valence-corrected chi connectivity index (χ0v) is 17.0. The number of β-amino-alcohol motifs (C(OH)–C–C–N with tert-alkyl or cyclic N) is 1. The Kier molecular flexibility index (Phi) is 5.93. The van der Waals surface area contributed by atoms with Crippen molar-refractivity contribution >= 4 is 15.7 Å². The van der Waals surface area contributed by atoms with E-state index in [1.165, 1.54) is 0 Å². The van der Waals surface area contributed by atoms with Gasteiger partial charge >= 0.3 is 0 Å². The fourth-order valence-corrected chi connectivity index (χ4v) is 5.26. The van der Waals surface area contributed by atoms with E-state index in [-0.39, 0.29) is 24.0 Å². The molecule has 1 N–H and O–H groups in total. The summed E-state index contributed by atoms with van der Waals surface area (Å²) in [6.45, 7) is 6.86. The Balaban J connectivity index is 1.65. The molecule has 1 aromatic rings. The topological polar surface area (TPSA) is 95.7 Å². The van der Waals surface area contributed by atoms with Crippen LogP contribution >= 0.6 is 0 Å². The van der Waals surface area contributed by atoms with Crippen LogP contribution in [0.2, 0.25) is 0 Å². The first kappa shape index (κ1) is 20.3. The van der Waals surface area contributed by atoms with Crippen molar-refractivity contribution < 1.29 is 18.3 Å². The van der Waals surface area contributed by atoms with Crippen LogP contribution in [0.1, 0.15) is 42.2 Å². The van der Waals surface area contributed by atoms with Crippen molar-refractivity contribution in [1.29, 1.82) is 0 Å². The molecule has 152 valence electrons. The number of piperidine rings is 1. The smallest absolute Gasteiger partial charge is 0.257 e. The molecule has 0 spiro atoms. The number of carbonyl (C=O) groups is 1. The number of likely N-dealkylation sites (tertiary alicyclic amines) is 1. The van der Waals surface area contributed by atoms with Gasteiger partial charge in [-0.1, -0.05) is 6.92 Å². The number of nitrogens with zero attached hydrogens (tertiary/aromatic N) is 4. The summed E-state index contributed by atoms with van der Waals surface area (Å²) < 4.78 is 25.0. The van der Waals surface area contributed by atoms with Crippen LogP contribution in [0, 0.1) is 6.92 Å². The van der Waals surface area contributed by atoms with Gasteiger partial charge < -0.3 is 10.0 Å². The van der Waals surface area contributed by atoms with Gasteiger partial charge in [0.25, 0.3) is 5.91 Å². The van der Waals surface area contributed by atoms with Crippen molar-refractivity contribution in [1.82, 2.24) is 19.6 Å². The van der Waals surface area contributed by atoms with Gasteiger partial charge in [0, 0.05) is 38.9 Å². The van der Waals surface area contributed by atoms with Gasteiger partial charge in [-0.2, -0.15) is 5.10 Å². The van der Waals surface area contributed by atoms with Crippen molar-refractivity contribution in [2.45, 2.75) is 45.3 Å². The predicted octanol–water partition coefficient (Wildman–Crippen LogP) is 0.299. The Labute approximate surface area is 161 Å². The van der Waals surface area contributed by atoms with Crippen LogP contribution < -0.4 is 0 Å². The van der Waals surface area contributed by atoms with Gasteiger partial charge in [0.15, 0.2) is 9.84 Å². The number of sulfone groups is 1. The molecule has 1 unspecified atom stereocenters. The molecule has 0 aromatic carbocycles. The molecule has 3 rings (SSSR count). The summed E-state index contributed by atoms with van der Waals surface area (Å²) in [4.78, 5) is 16.7. The Morgan fingerprint density at radius 3 is 2.67 bits per heavy atom. The molecule has 2 aliphatic rings. The van der Waals surface area contributed by atoms with Crippen molar-refractivity contribution in [3.63, 3.8) is 0 Å². The molecule has 2 aliphatic heterocycles. The molecule has 0 radical (unpaired) electrons. The van der Waals surface area contributed by atoms with E-state index in [9.17, 15) is 18.3 Å². The number of aliphatic hydroxyl groups is 1. The van der Waals surface area contributed by atoms with E-state index in [0.717, 1.165) is 19.4 Å². The molecule has 1 atom stereocenters. The van der Waals surface area contributed by atoms with Crippen LogP contribution in [-0.2, 0) is 16.4 Å². The minimum Gasteiger partial charge on any atom is -0.387 e. The first-order chi connectivity index (χ1) is 12.7. The molecule has 0 saturated carbocycles. The van der Waals surface area contributed by atoms with Gasteiger partial charge in [0.05, 0.1) is 34.9 Å². The van der Waals surface area contributed by atoms with Crippen molar-refractivity contribution in [3.05, 3.63) is 17.5 Å². The molecule has 1 amide bonds. The lowest BCUT2D eigenvalue weighted by Gasteiger charge is -2.42. The minimum atomic E-state index is -2.94. The molecule has 2 saturated heterocycles. The molecule has 8 nitrogen and oxygen atoms in total. The fraction of sp³-hybridized carbons (Fsp3) is 0.778. The Bertz CT molecular complexity index is 777. The highest BCUT2D eigenvalue weighted by atomic mass is 32.2. The van der Waals surface area contributed by atoms with E-state index in [2.05, 4.69) is 12.0 Å². The number of rotatable bonds is 5. The van der Waals surface area contributed by atoms with E-state index in [1.54, 1.807) is 15.8 Å². The Hall–Kier alpha value is -1.45. The third kappa shape index (κ3) is 4.89. The standard InChI is InChI=1S/C18H30N4O4S/c1-3-6-22-12-16(15(2)19-22)17(23)21-7-4-5-18(24,14-21)13-20-8-10-27(25,26)11-9-20/h12,24H,3-11,13-14H2,1-2H3. The molecule has 27 heavy (non-hydrogen) atoms. The van der Waals surface area contributed by atoms with E-state index in [4.69, 9.17) is 0 Å². The summed E-state index contributed by atoms with van der Waals surface area (Å²) in [6.07, 6.45) is 4.10. The third-order valence-corrected chi connectivity index (χ3v) is 7.04. The molecular formula is C18H30N4O4S. The number of carbonyl (C=O) groups excluding carboxylic acids is 1. The predicted molar refractivity (Wildman–Crippen MR) is 102 cm³/mol. The molecule has 2 fully saturated rings. The average molecular weight is 399 g/mol. The highest BCUT2D eigenvalue weighted by Gasteiger charge is 2.38. The van der Waals surface area contributed by atoms with Gasteiger partial charge in [-0.25, -0.2) is 8.42 Å². The van der Waals surface area contributed by atoms with Crippen LogP contribution in [-0.4, -0.2) is 88.8 Å². The number of hydrogen-bond acceptors (Lipinski definition) is 6. The first-order valence-corrected chi connectivity index (χ1v) is 11.5. The highest BCUT2D eigenvalue weighted by molar-refractivity contribution is 7.91. The Morgan fingerprint density at radius 2 is 2.00 bits per heavy atom. The largest absolute Gasteiger partial charge is 0.387 e. The molecule has 1 aromatic heterocycles. The number of hydrogen-bond donors (Lipinski definition) is 1. The second kappa shape index (κ2) is 7.89. The maximum atomic E-state index is 13.0. The lowest BCUT2D eigenvalue weighted by Crippen LogP contribution is -2.57. The molecule has 3 heterocycles. The SMILES string of the molecule is CCCn1cc(C(=O)N2CCCC(O)(CN3CCS(=O)(=O)CC3)C2)c(C)n1. The summed E-state index contributed by atoms with van der Waals surface area (Å²) in [7, 11) is -2.94. The number of aromatic nitrogens is 2. The summed E-state index contributed by atoms with van der Waals surface area (Å²) >= 11 is 0. The lowest BCUT2D eigenvalue weighted by atomic mass is 9.91. The van der Waals surface area contributed by atoms with Crippen molar-refractivity contribution in [3.8, 4) is 0 Å². The van der Waals surface area contributed by atoms with E-state index in [1.807, 2.05) is 11.8 Å². The third-order valence-electron chi connectivity index (χ3n) is 5.43. The molecule has 9 heteroatoms. The number of amides is 1. The first-order valence-electron chi connectivity index (χ1n) is 9.70. The van der Waals surface area contributed by atoms with E-state index >= 15 is 0 Å². The van der Waals surface area contributed by atoms with Crippen LogP contribution in [0.3, 0.4) is 0 Å². The molecule has 0 bridgehead atoms. The van der Waals surface area contributed by atoms with Crippen LogP contribution in [0.25, 0.3) is 0 Å². The second-order valence-corrected chi connectivity index (χ2v) is 10.2. The maximum Gasteiger partial charge on any atom is 0.257 e. The van der Waals surface area contributed by atoms with Crippen molar-refractivity contribution in [2.75, 3.05) is 44.2 Å². The Morgan fingerprint density at radius 1 is 1.30 bits per heavy atom. The van der Waals surface area contributed by atoms with Crippen LogP contribution in [0.15, 0.2) is 6.20 Å². The molecule has 0 aliphatic carbocycles. The highest BCUT2D eigenvalue weighted by Crippen LogP contribution is 2.25.